The third kappa shape index (κ3) is 5.15. The van der Waals surface area contributed by atoms with Crippen molar-refractivity contribution in [2.75, 3.05) is 24.3 Å². The predicted octanol–water partition coefficient (Wildman–Crippen LogP) is 3.14. The van der Waals surface area contributed by atoms with Gasteiger partial charge in [-0.3, -0.25) is 4.79 Å². The maximum absolute atomic E-state index is 13.0. The highest BCUT2D eigenvalue weighted by molar-refractivity contribution is 5.94. The molecule has 3 rings (SSSR count). The van der Waals surface area contributed by atoms with Gasteiger partial charge in [-0.1, -0.05) is 0 Å². The van der Waals surface area contributed by atoms with E-state index in [9.17, 15) is 9.18 Å². The zero-order chi connectivity index (χ0) is 19.4. The number of carbonyl (C=O) groups is 1. The summed E-state index contributed by atoms with van der Waals surface area (Å²) in [6.07, 6.45) is 3.70. The van der Waals surface area contributed by atoms with E-state index >= 15 is 0 Å². The van der Waals surface area contributed by atoms with Gasteiger partial charge in [0, 0.05) is 37.8 Å². The zero-order valence-corrected chi connectivity index (χ0v) is 16.0. The molecule has 0 saturated heterocycles. The first-order valence-electron chi connectivity index (χ1n) is 9.26. The molecule has 0 spiro atoms. The van der Waals surface area contributed by atoms with Crippen LogP contribution in [0.4, 0.5) is 16.0 Å². The van der Waals surface area contributed by atoms with Gasteiger partial charge < -0.3 is 15.5 Å². The number of carbonyl (C=O) groups excluding carboxylic acids is 1. The van der Waals surface area contributed by atoms with Gasteiger partial charge in [-0.15, -0.1) is 0 Å². The van der Waals surface area contributed by atoms with Crippen molar-refractivity contribution in [1.82, 2.24) is 15.3 Å². The van der Waals surface area contributed by atoms with Crippen LogP contribution in [-0.2, 0) is 0 Å². The van der Waals surface area contributed by atoms with Gasteiger partial charge in [0.15, 0.2) is 0 Å². The summed E-state index contributed by atoms with van der Waals surface area (Å²) in [6, 6.07) is 8.06. The number of benzene rings is 1. The quantitative estimate of drug-likeness (QED) is 0.845. The standard InChI is InChI=1S/C20H26FN5O/c1-13-22-18(12-19(23-13)26(2)3)24-16-8-10-17(11-9-16)25-20(27)14-4-6-15(21)7-5-14/h4-7,12,16-17H,8-11H2,1-3H3,(H,25,27)(H,22,23,24)/t16-,17+. The van der Waals surface area contributed by atoms with Crippen LogP contribution in [0.5, 0.6) is 0 Å². The number of hydrogen-bond acceptors (Lipinski definition) is 5. The van der Waals surface area contributed by atoms with Crippen LogP contribution in [0, 0.1) is 12.7 Å². The molecule has 6 nitrogen and oxygen atoms in total. The van der Waals surface area contributed by atoms with E-state index in [2.05, 4.69) is 20.6 Å². The normalized spacial score (nSPS) is 19.4. The van der Waals surface area contributed by atoms with Crippen LogP contribution in [0.1, 0.15) is 41.9 Å². The number of nitrogens with zero attached hydrogens (tertiary/aromatic N) is 3. The van der Waals surface area contributed by atoms with E-state index < -0.39 is 0 Å². The molecule has 27 heavy (non-hydrogen) atoms. The fourth-order valence-corrected chi connectivity index (χ4v) is 3.32. The minimum Gasteiger partial charge on any atom is -0.367 e. The summed E-state index contributed by atoms with van der Waals surface area (Å²) in [6.45, 7) is 1.89. The lowest BCUT2D eigenvalue weighted by molar-refractivity contribution is 0.0926. The Kier molecular flexibility index (Phi) is 5.88. The summed E-state index contributed by atoms with van der Waals surface area (Å²) in [5.74, 6) is 1.98. The molecule has 1 aromatic heterocycles. The number of anilines is 2. The van der Waals surface area contributed by atoms with E-state index in [-0.39, 0.29) is 17.8 Å². The fraction of sp³-hybridized carbons (Fsp3) is 0.450. The van der Waals surface area contributed by atoms with Crippen molar-refractivity contribution in [3.63, 3.8) is 0 Å². The second-order valence-corrected chi connectivity index (χ2v) is 7.23. The van der Waals surface area contributed by atoms with Crippen LogP contribution in [0.15, 0.2) is 30.3 Å². The van der Waals surface area contributed by atoms with E-state index in [0.29, 0.717) is 11.6 Å². The van der Waals surface area contributed by atoms with Gasteiger partial charge in [-0.25, -0.2) is 14.4 Å². The summed E-state index contributed by atoms with van der Waals surface area (Å²) >= 11 is 0. The number of halogens is 1. The van der Waals surface area contributed by atoms with Crippen molar-refractivity contribution in [2.24, 2.45) is 0 Å². The molecule has 1 aliphatic rings. The minimum absolute atomic E-state index is 0.144. The molecular weight excluding hydrogens is 345 g/mol. The Morgan fingerprint density at radius 3 is 2.33 bits per heavy atom. The highest BCUT2D eigenvalue weighted by Crippen LogP contribution is 2.23. The lowest BCUT2D eigenvalue weighted by Crippen LogP contribution is -2.40. The molecule has 7 heteroatoms. The fourth-order valence-electron chi connectivity index (χ4n) is 3.32. The van der Waals surface area contributed by atoms with Crippen LogP contribution >= 0.6 is 0 Å². The number of amides is 1. The lowest BCUT2D eigenvalue weighted by Gasteiger charge is -2.30. The van der Waals surface area contributed by atoms with Gasteiger partial charge >= 0.3 is 0 Å². The summed E-state index contributed by atoms with van der Waals surface area (Å²) in [4.78, 5) is 23.1. The van der Waals surface area contributed by atoms with Crippen molar-refractivity contribution < 1.29 is 9.18 Å². The zero-order valence-electron chi connectivity index (χ0n) is 16.0. The van der Waals surface area contributed by atoms with E-state index in [0.717, 1.165) is 43.1 Å². The topological polar surface area (TPSA) is 70.2 Å². The van der Waals surface area contributed by atoms with Gasteiger partial charge in [0.05, 0.1) is 0 Å². The molecule has 0 radical (unpaired) electrons. The van der Waals surface area contributed by atoms with Crippen LogP contribution < -0.4 is 15.5 Å². The number of aromatic nitrogens is 2. The monoisotopic (exact) mass is 371 g/mol. The molecule has 2 aromatic rings. The van der Waals surface area contributed by atoms with Crippen molar-refractivity contribution in [2.45, 2.75) is 44.7 Å². The van der Waals surface area contributed by atoms with Crippen molar-refractivity contribution in [3.8, 4) is 0 Å². The highest BCUT2D eigenvalue weighted by Gasteiger charge is 2.23. The molecule has 0 aliphatic heterocycles. The van der Waals surface area contributed by atoms with E-state index in [4.69, 9.17) is 0 Å². The Morgan fingerprint density at radius 1 is 1.07 bits per heavy atom. The largest absolute Gasteiger partial charge is 0.367 e. The van der Waals surface area contributed by atoms with Crippen LogP contribution in [0.25, 0.3) is 0 Å². The van der Waals surface area contributed by atoms with Crippen LogP contribution in [-0.4, -0.2) is 42.1 Å². The SMILES string of the molecule is Cc1nc(N[C@H]2CC[C@@H](NC(=O)c3ccc(F)cc3)CC2)cc(N(C)C)n1. The summed E-state index contributed by atoms with van der Waals surface area (Å²) in [5, 5.41) is 6.55. The number of hydrogen-bond donors (Lipinski definition) is 2. The van der Waals surface area contributed by atoms with Crippen LogP contribution in [0.3, 0.4) is 0 Å². The molecule has 144 valence electrons. The molecule has 1 amide bonds. The first kappa shape index (κ1) is 19.1. The molecule has 0 bridgehead atoms. The Balaban J connectivity index is 1.52. The third-order valence-electron chi connectivity index (χ3n) is 4.80. The number of rotatable bonds is 5. The lowest BCUT2D eigenvalue weighted by atomic mass is 9.91. The van der Waals surface area contributed by atoms with Gasteiger partial charge in [0.25, 0.3) is 5.91 Å². The van der Waals surface area contributed by atoms with E-state index in [1.54, 1.807) is 0 Å². The van der Waals surface area contributed by atoms with Gasteiger partial charge in [0.1, 0.15) is 23.3 Å². The van der Waals surface area contributed by atoms with Crippen molar-refractivity contribution in [3.05, 3.63) is 47.5 Å². The smallest absolute Gasteiger partial charge is 0.251 e. The summed E-state index contributed by atoms with van der Waals surface area (Å²) in [5.41, 5.74) is 0.490. The van der Waals surface area contributed by atoms with Gasteiger partial charge in [-0.2, -0.15) is 0 Å². The molecule has 0 atom stereocenters. The molecule has 1 aromatic carbocycles. The first-order chi connectivity index (χ1) is 12.9. The number of aryl methyl sites for hydroxylation is 1. The summed E-state index contributed by atoms with van der Waals surface area (Å²) < 4.78 is 13.0. The molecule has 1 heterocycles. The van der Waals surface area contributed by atoms with Crippen molar-refractivity contribution >= 4 is 17.5 Å². The molecule has 1 aliphatic carbocycles. The highest BCUT2D eigenvalue weighted by atomic mass is 19.1. The number of nitrogens with one attached hydrogen (secondary N) is 2. The molecule has 1 saturated carbocycles. The maximum Gasteiger partial charge on any atom is 0.251 e. The Bertz CT molecular complexity index is 785. The Hall–Kier alpha value is -2.70. The van der Waals surface area contributed by atoms with Crippen molar-refractivity contribution in [1.29, 1.82) is 0 Å². The first-order valence-corrected chi connectivity index (χ1v) is 9.26. The molecular formula is C20H26FN5O. The Morgan fingerprint density at radius 2 is 1.70 bits per heavy atom. The Labute approximate surface area is 159 Å². The average molecular weight is 371 g/mol. The van der Waals surface area contributed by atoms with Gasteiger partial charge in [0.2, 0.25) is 0 Å². The predicted molar refractivity (Wildman–Crippen MR) is 105 cm³/mol. The molecule has 2 N–H and O–H groups in total. The average Bonchev–Trinajstić information content (AvgIpc) is 2.63. The van der Waals surface area contributed by atoms with Gasteiger partial charge in [-0.05, 0) is 56.9 Å². The van der Waals surface area contributed by atoms with E-state index in [1.165, 1.54) is 24.3 Å². The minimum atomic E-state index is -0.337. The second kappa shape index (κ2) is 8.33. The third-order valence-corrected chi connectivity index (χ3v) is 4.80. The maximum atomic E-state index is 13.0. The van der Waals surface area contributed by atoms with Crippen LogP contribution in [0.2, 0.25) is 0 Å². The second-order valence-electron chi connectivity index (χ2n) is 7.23. The van der Waals surface area contributed by atoms with E-state index in [1.807, 2.05) is 32.0 Å². The molecule has 1 fully saturated rings. The molecule has 0 unspecified atom stereocenters. The summed E-state index contributed by atoms with van der Waals surface area (Å²) in [7, 11) is 3.92.